The fraction of sp³-hybridized carbons (Fsp3) is 0.321. The first-order valence-corrected chi connectivity index (χ1v) is 13.0. The van der Waals surface area contributed by atoms with Crippen LogP contribution in [0.4, 0.5) is 5.69 Å². The molecule has 8 nitrogen and oxygen atoms in total. The van der Waals surface area contributed by atoms with Gasteiger partial charge < -0.3 is 24.7 Å². The van der Waals surface area contributed by atoms with E-state index in [4.69, 9.17) is 9.47 Å². The van der Waals surface area contributed by atoms with Crippen molar-refractivity contribution in [2.24, 2.45) is 5.16 Å². The summed E-state index contributed by atoms with van der Waals surface area (Å²) in [5.41, 5.74) is 3.13. The van der Waals surface area contributed by atoms with Crippen molar-refractivity contribution in [3.05, 3.63) is 77.9 Å². The highest BCUT2D eigenvalue weighted by atomic mass is 32.2. The van der Waals surface area contributed by atoms with Gasteiger partial charge in [-0.3, -0.25) is 4.79 Å². The summed E-state index contributed by atoms with van der Waals surface area (Å²) in [5, 5.41) is 21.9. The molecule has 0 aromatic heterocycles. The number of benzene rings is 2. The number of thioether (sulfide) groups is 1. The first kappa shape index (κ1) is 26.5. The third-order valence-corrected chi connectivity index (χ3v) is 7.39. The third-order valence-electron chi connectivity index (χ3n) is 6.24. The monoisotopic (exact) mass is 522 g/mol. The molecule has 0 fully saturated rings. The molecule has 3 unspecified atom stereocenters. The first-order chi connectivity index (χ1) is 17.9. The van der Waals surface area contributed by atoms with Crippen LogP contribution in [0.5, 0.6) is 5.75 Å². The van der Waals surface area contributed by atoms with E-state index in [0.717, 1.165) is 21.7 Å². The molecule has 1 aliphatic carbocycles. The second kappa shape index (κ2) is 12.1. The van der Waals surface area contributed by atoms with Gasteiger partial charge >= 0.3 is 5.97 Å². The molecule has 2 N–H and O–H groups in total. The maximum Gasteiger partial charge on any atom is 0.333 e. The number of carbonyl (C=O) groups excluding carboxylic acids is 1. The molecule has 0 radical (unpaired) electrons. The Kier molecular flexibility index (Phi) is 8.68. The van der Waals surface area contributed by atoms with Crippen LogP contribution in [-0.4, -0.2) is 59.0 Å². The molecule has 2 aromatic rings. The molecule has 0 spiro atoms. The topological polar surface area (TPSA) is 109 Å². The van der Waals surface area contributed by atoms with Crippen LogP contribution in [0.15, 0.2) is 76.8 Å². The fourth-order valence-electron chi connectivity index (χ4n) is 4.37. The molecule has 4 rings (SSSR count). The van der Waals surface area contributed by atoms with Crippen LogP contribution in [0.1, 0.15) is 30.9 Å². The number of fused-ring (bicyclic) bond motifs is 1. The van der Waals surface area contributed by atoms with Crippen molar-refractivity contribution in [2.45, 2.75) is 42.4 Å². The molecule has 0 saturated carbocycles. The number of oxime groups is 1. The molecule has 3 atom stereocenters. The minimum atomic E-state index is -0.986. The molecular weight excluding hydrogens is 492 g/mol. The summed E-state index contributed by atoms with van der Waals surface area (Å²) in [7, 11) is 0. The van der Waals surface area contributed by atoms with Gasteiger partial charge in [-0.05, 0) is 55.3 Å². The molecule has 2 aromatic carbocycles. The standard InChI is InChI=1S/C28H30N2O6S/c1-3-35-25(28(32)33)16-19-8-11-21(12-9-19)36-15-14-30-24-17-20(22-6-4-5-7-23(22)29-34)10-13-26(24)37-18(2)27(30)31/h4-13,17-18,22,25,34H,3,14-16H2,1-2H3,(H,32,33). The summed E-state index contributed by atoms with van der Waals surface area (Å²) in [4.78, 5) is 27.2. The summed E-state index contributed by atoms with van der Waals surface area (Å²) >= 11 is 1.53. The minimum absolute atomic E-state index is 0.0133. The van der Waals surface area contributed by atoms with E-state index >= 15 is 0 Å². The molecule has 0 saturated heterocycles. The van der Waals surface area contributed by atoms with Crippen LogP contribution in [0.25, 0.3) is 0 Å². The number of carboxylic acid groups (broad SMARTS) is 1. The fourth-order valence-corrected chi connectivity index (χ4v) is 5.41. The summed E-state index contributed by atoms with van der Waals surface area (Å²) in [5.74, 6) is -0.532. The summed E-state index contributed by atoms with van der Waals surface area (Å²) < 4.78 is 11.2. The van der Waals surface area contributed by atoms with Crippen molar-refractivity contribution < 1.29 is 29.4 Å². The molecule has 0 bridgehead atoms. The van der Waals surface area contributed by atoms with Gasteiger partial charge in [0.05, 0.1) is 23.2 Å². The van der Waals surface area contributed by atoms with E-state index in [1.54, 1.807) is 30.0 Å². The Bertz CT molecular complexity index is 1220. The SMILES string of the molecule is CCOC(Cc1ccc(OCCN2C(=O)C(C)Sc3ccc(C4C=CC=CC4=NO)cc32)cc1)C(=O)O. The van der Waals surface area contributed by atoms with Crippen LogP contribution in [0, 0.1) is 0 Å². The van der Waals surface area contributed by atoms with Gasteiger partial charge in [-0.2, -0.15) is 0 Å². The second-order valence-electron chi connectivity index (χ2n) is 8.70. The lowest BCUT2D eigenvalue weighted by Gasteiger charge is -2.33. The second-order valence-corrected chi connectivity index (χ2v) is 10.1. The maximum atomic E-state index is 13.1. The van der Waals surface area contributed by atoms with Crippen LogP contribution >= 0.6 is 11.8 Å². The van der Waals surface area contributed by atoms with Crippen molar-refractivity contribution >= 4 is 35.0 Å². The zero-order valence-electron chi connectivity index (χ0n) is 20.7. The number of aliphatic carboxylic acids is 1. The summed E-state index contributed by atoms with van der Waals surface area (Å²) in [6.07, 6.45) is 6.85. The Morgan fingerprint density at radius 2 is 1.97 bits per heavy atom. The van der Waals surface area contributed by atoms with Crippen LogP contribution in [0.2, 0.25) is 0 Å². The van der Waals surface area contributed by atoms with E-state index < -0.39 is 12.1 Å². The van der Waals surface area contributed by atoms with Crippen LogP contribution in [-0.2, 0) is 20.7 Å². The van der Waals surface area contributed by atoms with E-state index in [9.17, 15) is 19.9 Å². The Morgan fingerprint density at radius 3 is 2.68 bits per heavy atom. The summed E-state index contributed by atoms with van der Waals surface area (Å²) in [6, 6.07) is 13.2. The van der Waals surface area contributed by atoms with E-state index in [1.165, 1.54) is 11.8 Å². The normalized spacial score (nSPS) is 20.6. The van der Waals surface area contributed by atoms with Gasteiger partial charge in [0.2, 0.25) is 5.91 Å². The number of anilines is 1. The smallest absolute Gasteiger partial charge is 0.333 e. The largest absolute Gasteiger partial charge is 0.492 e. The molecule has 1 aliphatic heterocycles. The van der Waals surface area contributed by atoms with Crippen molar-refractivity contribution in [3.8, 4) is 5.75 Å². The molecule has 2 aliphatic rings. The van der Waals surface area contributed by atoms with Crippen molar-refractivity contribution in [1.82, 2.24) is 0 Å². The van der Waals surface area contributed by atoms with Gasteiger partial charge in [-0.1, -0.05) is 41.6 Å². The van der Waals surface area contributed by atoms with Gasteiger partial charge in [0.15, 0.2) is 6.10 Å². The van der Waals surface area contributed by atoms with Gasteiger partial charge in [0.25, 0.3) is 0 Å². The number of allylic oxidation sites excluding steroid dienone is 4. The average Bonchev–Trinajstić information content (AvgIpc) is 2.91. The molecule has 9 heteroatoms. The van der Waals surface area contributed by atoms with E-state index in [-0.39, 0.29) is 30.1 Å². The van der Waals surface area contributed by atoms with E-state index in [1.807, 2.05) is 55.5 Å². The molecule has 37 heavy (non-hydrogen) atoms. The predicted octanol–water partition coefficient (Wildman–Crippen LogP) is 4.66. The van der Waals surface area contributed by atoms with Crippen molar-refractivity contribution in [3.63, 3.8) is 0 Å². The lowest BCUT2D eigenvalue weighted by atomic mass is 9.90. The number of hydrogen-bond donors (Lipinski definition) is 2. The van der Waals surface area contributed by atoms with Gasteiger partial charge in [-0.15, -0.1) is 11.8 Å². The van der Waals surface area contributed by atoms with Gasteiger partial charge in [0.1, 0.15) is 12.4 Å². The number of amides is 1. The number of carboxylic acids is 1. The lowest BCUT2D eigenvalue weighted by molar-refractivity contribution is -0.149. The highest BCUT2D eigenvalue weighted by Crippen LogP contribution is 2.41. The predicted molar refractivity (Wildman–Crippen MR) is 143 cm³/mol. The molecule has 1 amide bonds. The third kappa shape index (κ3) is 6.23. The van der Waals surface area contributed by atoms with E-state index in [0.29, 0.717) is 24.6 Å². The first-order valence-electron chi connectivity index (χ1n) is 12.2. The van der Waals surface area contributed by atoms with E-state index in [2.05, 4.69) is 5.16 Å². The number of ether oxygens (including phenoxy) is 2. The van der Waals surface area contributed by atoms with Gasteiger partial charge in [0, 0.05) is 23.8 Å². The number of hydrogen-bond acceptors (Lipinski definition) is 7. The minimum Gasteiger partial charge on any atom is -0.492 e. The van der Waals surface area contributed by atoms with Crippen molar-refractivity contribution in [1.29, 1.82) is 0 Å². The lowest BCUT2D eigenvalue weighted by Crippen LogP contribution is -2.42. The molecule has 194 valence electrons. The molecular formula is C28H30N2O6S. The number of carbonyl (C=O) groups is 2. The highest BCUT2D eigenvalue weighted by molar-refractivity contribution is 8.01. The number of rotatable bonds is 10. The summed E-state index contributed by atoms with van der Waals surface area (Å²) in [6.45, 7) is 4.66. The molecule has 1 heterocycles. The zero-order valence-corrected chi connectivity index (χ0v) is 21.6. The zero-order chi connectivity index (χ0) is 26.4. The Hall–Kier alpha value is -3.56. The van der Waals surface area contributed by atoms with Gasteiger partial charge in [-0.25, -0.2) is 4.79 Å². The quantitative estimate of drug-likeness (QED) is 0.345. The van der Waals surface area contributed by atoms with Crippen molar-refractivity contribution in [2.75, 3.05) is 24.7 Å². The average molecular weight is 523 g/mol. The van der Waals surface area contributed by atoms with Crippen LogP contribution < -0.4 is 9.64 Å². The Morgan fingerprint density at radius 1 is 1.19 bits per heavy atom. The number of nitrogens with zero attached hydrogens (tertiary/aromatic N) is 2. The maximum absolute atomic E-state index is 13.1. The Balaban J connectivity index is 1.44. The Labute approximate surface area is 220 Å². The highest BCUT2D eigenvalue weighted by Gasteiger charge is 2.31. The van der Waals surface area contributed by atoms with Crippen LogP contribution in [0.3, 0.4) is 0 Å².